The highest BCUT2D eigenvalue weighted by Gasteiger charge is 2.29. The lowest BCUT2D eigenvalue weighted by Crippen LogP contribution is -2.33. The number of nitrogens with one attached hydrogen (secondary N) is 1. The third-order valence-electron chi connectivity index (χ3n) is 4.84. The van der Waals surface area contributed by atoms with Crippen LogP contribution in [-0.2, 0) is 0 Å². The molecule has 3 heterocycles. The van der Waals surface area contributed by atoms with Gasteiger partial charge in [0.2, 0.25) is 0 Å². The molecule has 6 heteroatoms. The zero-order valence-corrected chi connectivity index (χ0v) is 13.8. The number of pyridine rings is 1. The molecule has 0 fully saturated rings. The van der Waals surface area contributed by atoms with Crippen LogP contribution in [0.4, 0.5) is 5.69 Å². The Morgan fingerprint density at radius 1 is 1.12 bits per heavy atom. The number of amides is 1. The Labute approximate surface area is 147 Å². The molecule has 1 amide bonds. The van der Waals surface area contributed by atoms with Crippen LogP contribution in [0.25, 0.3) is 27.5 Å². The SMILES string of the molecule is CNC(=O)c1c2c(c3c(O)c4ccccc4n3c1=O)=Nc1ccccc1-2. The zero-order chi connectivity index (χ0) is 18.0. The Balaban J connectivity index is 2.14. The van der Waals surface area contributed by atoms with E-state index in [2.05, 4.69) is 10.3 Å². The first kappa shape index (κ1) is 14.7. The first-order valence-electron chi connectivity index (χ1n) is 8.15. The predicted octanol–water partition coefficient (Wildman–Crippen LogP) is 2.17. The van der Waals surface area contributed by atoms with Crippen LogP contribution in [0.15, 0.2) is 58.3 Å². The van der Waals surface area contributed by atoms with Gasteiger partial charge in [-0.25, -0.2) is 4.99 Å². The maximum absolute atomic E-state index is 13.3. The van der Waals surface area contributed by atoms with Crippen LogP contribution in [0.1, 0.15) is 10.4 Å². The molecule has 4 aromatic rings. The van der Waals surface area contributed by atoms with Crippen LogP contribution >= 0.6 is 0 Å². The molecule has 0 saturated carbocycles. The highest BCUT2D eigenvalue weighted by Crippen LogP contribution is 2.37. The summed E-state index contributed by atoms with van der Waals surface area (Å²) in [6.07, 6.45) is 0. The molecule has 0 saturated heterocycles. The van der Waals surface area contributed by atoms with Crippen molar-refractivity contribution in [2.24, 2.45) is 4.99 Å². The number of aromatic hydroxyl groups is 1. The molecule has 2 aromatic heterocycles. The predicted molar refractivity (Wildman–Crippen MR) is 98.1 cm³/mol. The average Bonchev–Trinajstić information content (AvgIpc) is 3.18. The molecule has 0 atom stereocenters. The highest BCUT2D eigenvalue weighted by atomic mass is 16.3. The van der Waals surface area contributed by atoms with Crippen LogP contribution in [0.2, 0.25) is 0 Å². The summed E-state index contributed by atoms with van der Waals surface area (Å²) < 4.78 is 1.38. The Hall–Kier alpha value is -3.67. The first-order chi connectivity index (χ1) is 12.6. The van der Waals surface area contributed by atoms with Crippen molar-refractivity contribution in [3.8, 4) is 16.9 Å². The van der Waals surface area contributed by atoms with Gasteiger partial charge in [-0.3, -0.25) is 14.0 Å². The Morgan fingerprint density at radius 3 is 2.65 bits per heavy atom. The second-order valence-electron chi connectivity index (χ2n) is 6.16. The Morgan fingerprint density at radius 2 is 1.85 bits per heavy atom. The molecular weight excluding hydrogens is 330 g/mol. The summed E-state index contributed by atoms with van der Waals surface area (Å²) in [5.41, 5.74) is 2.29. The number of rotatable bonds is 1. The molecule has 126 valence electrons. The van der Waals surface area contributed by atoms with E-state index in [1.165, 1.54) is 11.4 Å². The lowest BCUT2D eigenvalue weighted by Gasteiger charge is -2.08. The van der Waals surface area contributed by atoms with Crippen molar-refractivity contribution in [3.63, 3.8) is 0 Å². The van der Waals surface area contributed by atoms with Crippen LogP contribution in [0.3, 0.4) is 0 Å². The maximum Gasteiger partial charge on any atom is 0.269 e. The van der Waals surface area contributed by atoms with Crippen LogP contribution < -0.4 is 16.2 Å². The molecule has 0 unspecified atom stereocenters. The average molecular weight is 343 g/mol. The molecule has 0 bridgehead atoms. The number of nitrogens with zero attached hydrogens (tertiary/aromatic N) is 2. The molecule has 5 rings (SSSR count). The van der Waals surface area contributed by atoms with Crippen molar-refractivity contribution in [1.82, 2.24) is 9.72 Å². The molecular formula is C20H13N3O3. The fourth-order valence-corrected chi connectivity index (χ4v) is 3.72. The second kappa shape index (κ2) is 4.92. The van der Waals surface area contributed by atoms with Gasteiger partial charge in [0.15, 0.2) is 5.75 Å². The van der Waals surface area contributed by atoms with E-state index in [9.17, 15) is 14.7 Å². The molecule has 2 N–H and O–H groups in total. The van der Waals surface area contributed by atoms with Gasteiger partial charge in [0.1, 0.15) is 16.4 Å². The van der Waals surface area contributed by atoms with Gasteiger partial charge in [-0.05, 0) is 18.2 Å². The minimum atomic E-state index is -0.475. The lowest BCUT2D eigenvalue weighted by atomic mass is 10.00. The standard InChI is InChI=1S/C20H13N3O3/c1-21-19(25)15-14-10-6-2-4-8-12(10)22-16(14)17-18(24)11-7-3-5-9-13(11)23(17)20(15)26/h2-9,24H,1H3,(H,21,25). The van der Waals surface area contributed by atoms with E-state index < -0.39 is 11.5 Å². The van der Waals surface area contributed by atoms with Gasteiger partial charge in [0, 0.05) is 23.6 Å². The molecule has 1 aliphatic heterocycles. The molecule has 2 aromatic carbocycles. The number of para-hydroxylation sites is 2. The van der Waals surface area contributed by atoms with Gasteiger partial charge in [-0.1, -0.05) is 30.3 Å². The van der Waals surface area contributed by atoms with Crippen molar-refractivity contribution in [2.45, 2.75) is 0 Å². The third kappa shape index (κ3) is 1.63. The van der Waals surface area contributed by atoms with Gasteiger partial charge < -0.3 is 10.4 Å². The molecule has 0 radical (unpaired) electrons. The minimum Gasteiger partial charge on any atom is -0.505 e. The van der Waals surface area contributed by atoms with E-state index in [1.807, 2.05) is 24.3 Å². The first-order valence-corrected chi connectivity index (χ1v) is 8.15. The summed E-state index contributed by atoms with van der Waals surface area (Å²) in [6.45, 7) is 0. The van der Waals surface area contributed by atoms with E-state index in [0.29, 0.717) is 38.6 Å². The number of hydrogen-bond donors (Lipinski definition) is 2. The topological polar surface area (TPSA) is 83.2 Å². The summed E-state index contributed by atoms with van der Waals surface area (Å²) in [5, 5.41) is 14.3. The van der Waals surface area contributed by atoms with E-state index in [4.69, 9.17) is 0 Å². The minimum absolute atomic E-state index is 0.00559. The molecule has 6 nitrogen and oxygen atoms in total. The number of aromatic nitrogens is 1. The number of hydrogen-bond acceptors (Lipinski definition) is 4. The van der Waals surface area contributed by atoms with Crippen molar-refractivity contribution in [2.75, 3.05) is 7.05 Å². The van der Waals surface area contributed by atoms with Crippen molar-refractivity contribution in [1.29, 1.82) is 0 Å². The second-order valence-corrected chi connectivity index (χ2v) is 6.16. The fraction of sp³-hybridized carbons (Fsp3) is 0.0500. The summed E-state index contributed by atoms with van der Waals surface area (Å²) in [4.78, 5) is 30.5. The number of carbonyl (C=O) groups is 1. The fourth-order valence-electron chi connectivity index (χ4n) is 3.72. The van der Waals surface area contributed by atoms with Gasteiger partial charge in [-0.2, -0.15) is 0 Å². The van der Waals surface area contributed by atoms with Gasteiger partial charge >= 0.3 is 0 Å². The van der Waals surface area contributed by atoms with Crippen molar-refractivity contribution >= 4 is 28.0 Å². The molecule has 1 aliphatic rings. The molecule has 0 spiro atoms. The quantitative estimate of drug-likeness (QED) is 0.489. The zero-order valence-electron chi connectivity index (χ0n) is 13.8. The number of fused-ring (bicyclic) bond motifs is 7. The largest absolute Gasteiger partial charge is 0.505 e. The summed E-state index contributed by atoms with van der Waals surface area (Å²) in [5.74, 6) is -0.480. The summed E-state index contributed by atoms with van der Waals surface area (Å²) in [7, 11) is 1.49. The van der Waals surface area contributed by atoms with Crippen LogP contribution in [0, 0.1) is 0 Å². The number of benzene rings is 2. The third-order valence-corrected chi connectivity index (χ3v) is 4.84. The van der Waals surface area contributed by atoms with Crippen LogP contribution in [0.5, 0.6) is 5.75 Å². The molecule has 26 heavy (non-hydrogen) atoms. The van der Waals surface area contributed by atoms with Crippen LogP contribution in [-0.4, -0.2) is 22.5 Å². The maximum atomic E-state index is 13.3. The van der Waals surface area contributed by atoms with E-state index in [0.717, 1.165) is 0 Å². The van der Waals surface area contributed by atoms with Gasteiger partial charge in [0.25, 0.3) is 11.5 Å². The number of carbonyl (C=O) groups excluding carboxylic acids is 1. The molecule has 0 aliphatic carbocycles. The summed E-state index contributed by atoms with van der Waals surface area (Å²) >= 11 is 0. The summed E-state index contributed by atoms with van der Waals surface area (Å²) in [6, 6.07) is 14.4. The monoisotopic (exact) mass is 343 g/mol. The Kier molecular flexibility index (Phi) is 2.77. The van der Waals surface area contributed by atoms with E-state index >= 15 is 0 Å². The Bertz CT molecular complexity index is 1370. The van der Waals surface area contributed by atoms with Gasteiger partial charge in [0.05, 0.1) is 11.2 Å². The lowest BCUT2D eigenvalue weighted by molar-refractivity contribution is 0.0962. The van der Waals surface area contributed by atoms with Gasteiger partial charge in [-0.15, -0.1) is 0 Å². The van der Waals surface area contributed by atoms with Crippen molar-refractivity contribution in [3.05, 3.63) is 69.8 Å². The highest BCUT2D eigenvalue weighted by molar-refractivity contribution is 6.06. The van der Waals surface area contributed by atoms with E-state index in [-0.39, 0.29) is 11.3 Å². The normalized spacial score (nSPS) is 12.0. The van der Waals surface area contributed by atoms with Crippen molar-refractivity contribution < 1.29 is 9.90 Å². The van der Waals surface area contributed by atoms with E-state index in [1.54, 1.807) is 24.3 Å². The smallest absolute Gasteiger partial charge is 0.269 e.